The van der Waals surface area contributed by atoms with E-state index >= 15 is 0 Å². The lowest BCUT2D eigenvalue weighted by Gasteiger charge is -1.95. The van der Waals surface area contributed by atoms with E-state index in [9.17, 15) is 0 Å². The molecule has 4 aromatic rings. The third-order valence-corrected chi connectivity index (χ3v) is 4.88. The van der Waals surface area contributed by atoms with Gasteiger partial charge in [-0.25, -0.2) is 15.0 Å². The highest BCUT2D eigenvalue weighted by atomic mass is 35.5. The summed E-state index contributed by atoms with van der Waals surface area (Å²) < 4.78 is 7.45. The van der Waals surface area contributed by atoms with Crippen LogP contribution in [0.15, 0.2) is 28.3 Å². The summed E-state index contributed by atoms with van der Waals surface area (Å²) in [5, 5.41) is 4.02. The van der Waals surface area contributed by atoms with E-state index in [2.05, 4.69) is 15.0 Å². The minimum absolute atomic E-state index is 0.529. The van der Waals surface area contributed by atoms with Crippen LogP contribution < -0.4 is 0 Å². The van der Waals surface area contributed by atoms with Crippen molar-refractivity contribution in [2.45, 2.75) is 20.3 Å². The number of halogens is 2. The summed E-state index contributed by atoms with van der Waals surface area (Å²) in [6.45, 7) is 3.74. The van der Waals surface area contributed by atoms with Gasteiger partial charge in [0.2, 0.25) is 0 Å². The standard InChI is InChI=1S/C16H12Cl2N4OS/c1-8-15(23-9(2)19-8)13-7-24-14(21-13)4-11-6-22-5-10(17)3-12(18)16(22)20-11/h3,5-7H,4H2,1-2H3. The first kappa shape index (κ1) is 15.6. The van der Waals surface area contributed by atoms with Gasteiger partial charge < -0.3 is 8.82 Å². The van der Waals surface area contributed by atoms with Gasteiger partial charge in [-0.1, -0.05) is 23.2 Å². The van der Waals surface area contributed by atoms with Crippen molar-refractivity contribution in [1.29, 1.82) is 0 Å². The quantitative estimate of drug-likeness (QED) is 0.505. The molecule has 0 N–H and O–H groups in total. The van der Waals surface area contributed by atoms with Crippen molar-refractivity contribution < 1.29 is 4.42 Å². The van der Waals surface area contributed by atoms with Crippen LogP contribution in [0.2, 0.25) is 10.0 Å². The Kier molecular flexibility index (Phi) is 3.83. The summed E-state index contributed by atoms with van der Waals surface area (Å²) in [5.41, 5.74) is 3.22. The highest BCUT2D eigenvalue weighted by Crippen LogP contribution is 2.27. The Hall–Kier alpha value is -1.89. The number of thiazole rings is 1. The molecule has 0 saturated carbocycles. The number of aromatic nitrogens is 4. The monoisotopic (exact) mass is 378 g/mol. The second kappa shape index (κ2) is 5.88. The number of oxazole rings is 1. The molecule has 4 aromatic heterocycles. The molecular formula is C16H12Cl2N4OS. The number of rotatable bonds is 3. The van der Waals surface area contributed by atoms with E-state index in [-0.39, 0.29) is 0 Å². The largest absolute Gasteiger partial charge is 0.439 e. The molecule has 8 heteroatoms. The fourth-order valence-corrected chi connectivity index (χ4v) is 3.90. The van der Waals surface area contributed by atoms with Crippen molar-refractivity contribution in [3.05, 3.63) is 56.2 Å². The molecule has 0 aliphatic carbocycles. The average molecular weight is 379 g/mol. The first-order chi connectivity index (χ1) is 11.5. The zero-order valence-electron chi connectivity index (χ0n) is 12.9. The van der Waals surface area contributed by atoms with E-state index < -0.39 is 0 Å². The highest BCUT2D eigenvalue weighted by molar-refractivity contribution is 7.10. The zero-order chi connectivity index (χ0) is 16.8. The molecule has 122 valence electrons. The zero-order valence-corrected chi connectivity index (χ0v) is 15.2. The number of imidazole rings is 1. The molecule has 0 saturated heterocycles. The average Bonchev–Trinajstić information content (AvgIpc) is 3.18. The number of aryl methyl sites for hydroxylation is 2. The first-order valence-electron chi connectivity index (χ1n) is 7.21. The van der Waals surface area contributed by atoms with Crippen molar-refractivity contribution in [2.24, 2.45) is 0 Å². The smallest absolute Gasteiger partial charge is 0.192 e. The molecule has 0 atom stereocenters. The molecule has 0 spiro atoms. The van der Waals surface area contributed by atoms with Crippen LogP contribution in [0.3, 0.4) is 0 Å². The topological polar surface area (TPSA) is 56.2 Å². The molecule has 0 aliphatic rings. The summed E-state index contributed by atoms with van der Waals surface area (Å²) in [5.74, 6) is 1.36. The minimum Gasteiger partial charge on any atom is -0.439 e. The molecule has 5 nitrogen and oxygen atoms in total. The molecule has 0 bridgehead atoms. The van der Waals surface area contributed by atoms with Gasteiger partial charge in [-0.3, -0.25) is 0 Å². The molecule has 0 aromatic carbocycles. The highest BCUT2D eigenvalue weighted by Gasteiger charge is 2.14. The summed E-state index contributed by atoms with van der Waals surface area (Å²) in [4.78, 5) is 13.5. The maximum atomic E-state index is 6.18. The first-order valence-corrected chi connectivity index (χ1v) is 8.84. The maximum Gasteiger partial charge on any atom is 0.192 e. The molecule has 0 unspecified atom stereocenters. The predicted molar refractivity (Wildman–Crippen MR) is 95.1 cm³/mol. The molecule has 0 amide bonds. The molecule has 4 rings (SSSR count). The van der Waals surface area contributed by atoms with Crippen LogP contribution >= 0.6 is 34.5 Å². The second-order valence-corrected chi connectivity index (χ2v) is 7.21. The van der Waals surface area contributed by atoms with Crippen molar-refractivity contribution in [3.8, 4) is 11.5 Å². The Morgan fingerprint density at radius 1 is 1.17 bits per heavy atom. The van der Waals surface area contributed by atoms with Crippen LogP contribution in [-0.2, 0) is 6.42 Å². The van der Waals surface area contributed by atoms with Gasteiger partial charge in [-0.15, -0.1) is 11.3 Å². The summed E-state index contributed by atoms with van der Waals surface area (Å²) in [6.07, 6.45) is 4.32. The molecule has 0 radical (unpaired) electrons. The lowest BCUT2D eigenvalue weighted by Crippen LogP contribution is -1.87. The Balaban J connectivity index is 1.64. The Morgan fingerprint density at radius 2 is 2.00 bits per heavy atom. The SMILES string of the molecule is Cc1nc(C)c(-c2csc(Cc3cn4cc(Cl)cc(Cl)c4n3)n2)o1. The van der Waals surface area contributed by atoms with Crippen LogP contribution in [0.1, 0.15) is 22.3 Å². The van der Waals surface area contributed by atoms with Gasteiger partial charge in [0.15, 0.2) is 17.3 Å². The number of nitrogens with zero attached hydrogens (tertiary/aromatic N) is 4. The summed E-state index contributed by atoms with van der Waals surface area (Å²) in [6, 6.07) is 1.69. The summed E-state index contributed by atoms with van der Waals surface area (Å²) >= 11 is 13.8. The van der Waals surface area contributed by atoms with Crippen LogP contribution in [0.25, 0.3) is 17.1 Å². The number of hydrogen-bond acceptors (Lipinski definition) is 5. The third-order valence-electron chi connectivity index (χ3n) is 3.54. The Labute approximate surface area is 151 Å². The van der Waals surface area contributed by atoms with E-state index in [1.807, 2.05) is 29.8 Å². The van der Waals surface area contributed by atoms with Gasteiger partial charge in [-0.05, 0) is 13.0 Å². The number of pyridine rings is 1. The molecular weight excluding hydrogens is 367 g/mol. The molecule has 0 aliphatic heterocycles. The van der Waals surface area contributed by atoms with E-state index in [0.29, 0.717) is 28.0 Å². The van der Waals surface area contributed by atoms with Gasteiger partial charge in [0, 0.05) is 31.1 Å². The van der Waals surface area contributed by atoms with Gasteiger partial charge in [-0.2, -0.15) is 0 Å². The number of fused-ring (bicyclic) bond motifs is 1. The van der Waals surface area contributed by atoms with E-state index in [1.54, 1.807) is 23.6 Å². The lowest BCUT2D eigenvalue weighted by molar-refractivity contribution is 0.532. The van der Waals surface area contributed by atoms with E-state index in [1.165, 1.54) is 0 Å². The van der Waals surface area contributed by atoms with Gasteiger partial charge in [0.25, 0.3) is 0 Å². The van der Waals surface area contributed by atoms with Crippen LogP contribution in [0.4, 0.5) is 0 Å². The normalized spacial score (nSPS) is 11.5. The fraction of sp³-hybridized carbons (Fsp3) is 0.188. The van der Waals surface area contributed by atoms with Crippen molar-refractivity contribution >= 4 is 40.2 Å². The third kappa shape index (κ3) is 2.81. The molecule has 24 heavy (non-hydrogen) atoms. The van der Waals surface area contributed by atoms with Crippen LogP contribution in [0, 0.1) is 13.8 Å². The predicted octanol–water partition coefficient (Wildman–Crippen LogP) is 4.96. The summed E-state index contributed by atoms with van der Waals surface area (Å²) in [7, 11) is 0. The number of hydrogen-bond donors (Lipinski definition) is 0. The van der Waals surface area contributed by atoms with Crippen LogP contribution in [0.5, 0.6) is 0 Å². The lowest BCUT2D eigenvalue weighted by atomic mass is 10.3. The van der Waals surface area contributed by atoms with E-state index in [4.69, 9.17) is 27.6 Å². The molecule has 4 heterocycles. The molecule has 0 fully saturated rings. The van der Waals surface area contributed by atoms with Gasteiger partial charge in [0.1, 0.15) is 5.69 Å². The minimum atomic E-state index is 0.529. The van der Waals surface area contributed by atoms with E-state index in [0.717, 1.165) is 27.8 Å². The maximum absolute atomic E-state index is 6.18. The van der Waals surface area contributed by atoms with Gasteiger partial charge >= 0.3 is 0 Å². The second-order valence-electron chi connectivity index (χ2n) is 5.42. The van der Waals surface area contributed by atoms with Crippen molar-refractivity contribution in [1.82, 2.24) is 19.4 Å². The Bertz CT molecular complexity index is 1050. The fourth-order valence-electron chi connectivity index (χ4n) is 2.58. The van der Waals surface area contributed by atoms with Gasteiger partial charge in [0.05, 0.1) is 26.4 Å². The Morgan fingerprint density at radius 3 is 2.75 bits per heavy atom. The van der Waals surface area contributed by atoms with Crippen LogP contribution in [-0.4, -0.2) is 19.4 Å². The van der Waals surface area contributed by atoms with Crippen molar-refractivity contribution in [2.75, 3.05) is 0 Å². The van der Waals surface area contributed by atoms with Crippen molar-refractivity contribution in [3.63, 3.8) is 0 Å².